The molecule has 2 heteroatoms. The molecule has 80 valence electrons. The third-order valence-electron chi connectivity index (χ3n) is 2.99. The third kappa shape index (κ3) is 2.17. The molecule has 2 atom stereocenters. The molecule has 1 aliphatic rings. The minimum absolute atomic E-state index is 0.00690. The summed E-state index contributed by atoms with van der Waals surface area (Å²) in [5, 5.41) is 0. The Morgan fingerprint density at radius 2 is 2.21 bits per heavy atom. The number of carbonyl (C=O) groups is 1. The first-order valence-corrected chi connectivity index (χ1v) is 5.32. The lowest BCUT2D eigenvalue weighted by Gasteiger charge is -2.37. The predicted octanol–water partition coefficient (Wildman–Crippen LogP) is 2.79. The lowest BCUT2D eigenvalue weighted by Crippen LogP contribution is -2.38. The van der Waals surface area contributed by atoms with Crippen LogP contribution in [-0.4, -0.2) is 12.6 Å². The Kier molecular flexibility index (Phi) is 3.35. The molecule has 0 spiro atoms. The molecule has 0 radical (unpaired) electrons. The molecule has 0 aliphatic heterocycles. The number of esters is 1. The van der Waals surface area contributed by atoms with Gasteiger partial charge in [0.05, 0.1) is 12.5 Å². The van der Waals surface area contributed by atoms with Crippen molar-refractivity contribution in [1.29, 1.82) is 0 Å². The zero-order chi connectivity index (χ0) is 10.8. The van der Waals surface area contributed by atoms with Crippen molar-refractivity contribution in [2.75, 3.05) is 6.61 Å². The van der Waals surface area contributed by atoms with Crippen LogP contribution in [0.25, 0.3) is 0 Å². The molecule has 1 rings (SSSR count). The van der Waals surface area contributed by atoms with Crippen LogP contribution in [-0.2, 0) is 9.53 Å². The fraction of sp³-hybridized carbons (Fsp3) is 0.750. The second-order valence-electron chi connectivity index (χ2n) is 4.71. The fourth-order valence-corrected chi connectivity index (χ4v) is 2.30. The Hall–Kier alpha value is -0.790. The van der Waals surface area contributed by atoms with Gasteiger partial charge in [-0.1, -0.05) is 32.9 Å². The highest BCUT2D eigenvalue weighted by molar-refractivity contribution is 5.74. The molecule has 0 saturated carbocycles. The molecular weight excluding hydrogens is 176 g/mol. The first-order chi connectivity index (χ1) is 6.49. The van der Waals surface area contributed by atoms with Gasteiger partial charge < -0.3 is 4.74 Å². The van der Waals surface area contributed by atoms with Crippen LogP contribution >= 0.6 is 0 Å². The largest absolute Gasteiger partial charge is 0.466 e. The highest BCUT2D eigenvalue weighted by atomic mass is 16.5. The van der Waals surface area contributed by atoms with Crippen molar-refractivity contribution in [1.82, 2.24) is 0 Å². The summed E-state index contributed by atoms with van der Waals surface area (Å²) in [6, 6.07) is 0. The van der Waals surface area contributed by atoms with Gasteiger partial charge in [0.15, 0.2) is 0 Å². The molecule has 0 aromatic rings. The van der Waals surface area contributed by atoms with Crippen molar-refractivity contribution in [3.63, 3.8) is 0 Å². The summed E-state index contributed by atoms with van der Waals surface area (Å²) in [4.78, 5) is 11.8. The van der Waals surface area contributed by atoms with Crippen LogP contribution in [0.15, 0.2) is 12.2 Å². The lowest BCUT2D eigenvalue weighted by atomic mass is 9.67. The fourth-order valence-electron chi connectivity index (χ4n) is 2.30. The molecule has 2 nitrogen and oxygen atoms in total. The second-order valence-corrected chi connectivity index (χ2v) is 4.71. The van der Waals surface area contributed by atoms with Gasteiger partial charge in [-0.3, -0.25) is 4.79 Å². The topological polar surface area (TPSA) is 26.3 Å². The normalized spacial score (nSPS) is 30.0. The molecule has 1 aliphatic carbocycles. The third-order valence-corrected chi connectivity index (χ3v) is 2.99. The van der Waals surface area contributed by atoms with Gasteiger partial charge in [-0.05, 0) is 24.7 Å². The van der Waals surface area contributed by atoms with Gasteiger partial charge in [-0.2, -0.15) is 0 Å². The number of rotatable bonds is 2. The summed E-state index contributed by atoms with van der Waals surface area (Å²) in [5.74, 6) is 0.250. The summed E-state index contributed by atoms with van der Waals surface area (Å²) < 4.78 is 5.11. The lowest BCUT2D eigenvalue weighted by molar-refractivity contribution is -0.154. The zero-order valence-electron chi connectivity index (χ0n) is 9.54. The number of hydrogen-bond donors (Lipinski definition) is 0. The quantitative estimate of drug-likeness (QED) is 0.501. The molecule has 14 heavy (non-hydrogen) atoms. The first-order valence-electron chi connectivity index (χ1n) is 5.32. The van der Waals surface area contributed by atoms with Crippen LogP contribution in [0.1, 0.15) is 34.1 Å². The van der Waals surface area contributed by atoms with Crippen molar-refractivity contribution in [2.24, 2.45) is 17.3 Å². The molecular formula is C12H20O2. The van der Waals surface area contributed by atoms with Gasteiger partial charge in [0.1, 0.15) is 0 Å². The van der Waals surface area contributed by atoms with Crippen molar-refractivity contribution >= 4 is 5.97 Å². The van der Waals surface area contributed by atoms with E-state index < -0.39 is 0 Å². The zero-order valence-corrected chi connectivity index (χ0v) is 9.54. The average Bonchev–Trinajstić information content (AvgIpc) is 2.02. The Bertz CT molecular complexity index is 241. The van der Waals surface area contributed by atoms with Gasteiger partial charge >= 0.3 is 5.97 Å². The van der Waals surface area contributed by atoms with Gasteiger partial charge in [-0.15, -0.1) is 0 Å². The second kappa shape index (κ2) is 4.16. The maximum absolute atomic E-state index is 11.8. The summed E-state index contributed by atoms with van der Waals surface area (Å²) in [6.45, 7) is 8.68. The van der Waals surface area contributed by atoms with E-state index in [4.69, 9.17) is 4.74 Å². The van der Waals surface area contributed by atoms with E-state index in [1.165, 1.54) is 0 Å². The Morgan fingerprint density at radius 3 is 2.71 bits per heavy atom. The van der Waals surface area contributed by atoms with Crippen molar-refractivity contribution in [3.05, 3.63) is 12.2 Å². The number of allylic oxidation sites excluding steroid dienone is 2. The minimum Gasteiger partial charge on any atom is -0.466 e. The van der Waals surface area contributed by atoms with Gasteiger partial charge in [0, 0.05) is 0 Å². The summed E-state index contributed by atoms with van der Waals surface area (Å²) in [6.07, 6.45) is 5.24. The molecule has 0 saturated heterocycles. The van der Waals surface area contributed by atoms with E-state index in [2.05, 4.69) is 32.9 Å². The van der Waals surface area contributed by atoms with E-state index in [0.717, 1.165) is 6.42 Å². The molecule has 0 bridgehead atoms. The molecule has 0 aromatic heterocycles. The Balaban J connectivity index is 2.82. The molecule has 0 heterocycles. The molecule has 0 amide bonds. The van der Waals surface area contributed by atoms with E-state index >= 15 is 0 Å². The highest BCUT2D eigenvalue weighted by Gasteiger charge is 2.40. The number of carbonyl (C=O) groups excluding carboxylic acids is 1. The van der Waals surface area contributed by atoms with Gasteiger partial charge in [0.25, 0.3) is 0 Å². The van der Waals surface area contributed by atoms with Crippen LogP contribution in [0, 0.1) is 17.3 Å². The predicted molar refractivity (Wildman–Crippen MR) is 56.8 cm³/mol. The van der Waals surface area contributed by atoms with Crippen LogP contribution in [0.4, 0.5) is 0 Å². The minimum atomic E-state index is -0.0469. The van der Waals surface area contributed by atoms with E-state index in [9.17, 15) is 4.79 Å². The summed E-state index contributed by atoms with van der Waals surface area (Å²) in [7, 11) is 0. The van der Waals surface area contributed by atoms with E-state index in [1.807, 2.05) is 6.92 Å². The van der Waals surface area contributed by atoms with Crippen LogP contribution < -0.4 is 0 Å². The van der Waals surface area contributed by atoms with Crippen molar-refractivity contribution < 1.29 is 9.53 Å². The maximum Gasteiger partial charge on any atom is 0.310 e. The molecule has 0 N–H and O–H groups in total. The first kappa shape index (κ1) is 11.3. The summed E-state index contributed by atoms with van der Waals surface area (Å²) in [5.41, 5.74) is 0.0282. The monoisotopic (exact) mass is 196 g/mol. The Labute approximate surface area is 86.3 Å². The number of ether oxygens (including phenoxy) is 1. The van der Waals surface area contributed by atoms with Gasteiger partial charge in [-0.25, -0.2) is 0 Å². The van der Waals surface area contributed by atoms with E-state index in [-0.39, 0.29) is 23.2 Å². The van der Waals surface area contributed by atoms with E-state index in [0.29, 0.717) is 6.61 Å². The van der Waals surface area contributed by atoms with Crippen molar-refractivity contribution in [2.45, 2.75) is 34.1 Å². The van der Waals surface area contributed by atoms with E-state index in [1.54, 1.807) is 0 Å². The summed E-state index contributed by atoms with van der Waals surface area (Å²) >= 11 is 0. The Morgan fingerprint density at radius 1 is 1.57 bits per heavy atom. The smallest absolute Gasteiger partial charge is 0.310 e. The van der Waals surface area contributed by atoms with Crippen LogP contribution in [0.2, 0.25) is 0 Å². The SMILES string of the molecule is CCOC(=O)C1C(C)C=CCC1(C)C. The average molecular weight is 196 g/mol. The molecule has 0 fully saturated rings. The van der Waals surface area contributed by atoms with Crippen LogP contribution in [0.5, 0.6) is 0 Å². The van der Waals surface area contributed by atoms with Crippen molar-refractivity contribution in [3.8, 4) is 0 Å². The molecule has 2 unspecified atom stereocenters. The highest BCUT2D eigenvalue weighted by Crippen LogP contribution is 2.41. The number of hydrogen-bond acceptors (Lipinski definition) is 2. The molecule has 0 aromatic carbocycles. The standard InChI is InChI=1S/C12H20O2/c1-5-14-11(13)10-9(2)7-6-8-12(10,3)4/h6-7,9-10H,5,8H2,1-4H3. The van der Waals surface area contributed by atoms with Gasteiger partial charge in [0.2, 0.25) is 0 Å². The van der Waals surface area contributed by atoms with Crippen LogP contribution in [0.3, 0.4) is 0 Å². The maximum atomic E-state index is 11.8.